The summed E-state index contributed by atoms with van der Waals surface area (Å²) in [6, 6.07) is 30.7. The quantitative estimate of drug-likeness (QED) is 0.0184. The van der Waals surface area contributed by atoms with Crippen LogP contribution in [0.3, 0.4) is 0 Å². The molecule has 5 N–H and O–H groups in total. The molecular weight excluding hydrogens is 1070 g/mol. The standard InChI is InChI=1S/C62H67N7O14/c1-36-37(2)60(83-57(59(75)78-4)56(36)81-38(3)70)82-50-20-19-40(32-49(50)68-51(71)23-29-65-61(76)80-35-48-46-17-7-5-15-44(46)45-16-6-8-18-47(45)48)34-79-62(77)67-43-14-11-13-41(33-43)58(74)69-30-24-39(25-31-69)12-9-10-26-64-52-53(55(73)54(52)72)66-42-21-27-63-28-22-42/h5-8,11,13-22,27-28,32-33,36-37,39,48,56-57,60,64H,9-10,12,23-26,29-31,34-35H2,1-4H3,(H,63,66)(H,65,76)(H,67,77)(H,68,71)/t36-,37-,56+,57+,60-/m1/s1. The highest BCUT2D eigenvalue weighted by Crippen LogP contribution is 2.45. The minimum Gasteiger partial charge on any atom is -0.467 e. The molecule has 4 amide bonds. The average Bonchev–Trinajstić information content (AvgIpc) is 4.01. The van der Waals surface area contributed by atoms with E-state index in [9.17, 15) is 38.4 Å². The van der Waals surface area contributed by atoms with Gasteiger partial charge in [-0.2, -0.15) is 0 Å². The number of rotatable bonds is 22. The fourth-order valence-corrected chi connectivity index (χ4v) is 10.8. The summed E-state index contributed by atoms with van der Waals surface area (Å²) in [5.74, 6) is -2.52. The minimum atomic E-state index is -1.32. The second-order valence-electron chi connectivity index (χ2n) is 20.9. The molecule has 9 rings (SSSR count). The van der Waals surface area contributed by atoms with Gasteiger partial charge in [0.15, 0.2) is 6.10 Å². The Hall–Kier alpha value is -9.11. The summed E-state index contributed by atoms with van der Waals surface area (Å²) in [4.78, 5) is 109. The molecule has 6 aromatic rings. The van der Waals surface area contributed by atoms with Gasteiger partial charge in [-0.1, -0.05) is 87.4 Å². The number of alkyl carbamates (subject to hydrolysis) is 1. The van der Waals surface area contributed by atoms with Crippen molar-refractivity contribution in [2.75, 3.05) is 61.2 Å². The van der Waals surface area contributed by atoms with Gasteiger partial charge in [0.05, 0.1) is 12.8 Å². The lowest BCUT2D eigenvalue weighted by Gasteiger charge is -2.42. The number of esters is 2. The van der Waals surface area contributed by atoms with E-state index in [1.165, 1.54) is 14.0 Å². The molecule has 0 radical (unpaired) electrons. The largest absolute Gasteiger partial charge is 0.467 e. The first-order valence-electron chi connectivity index (χ1n) is 27.8. The first-order chi connectivity index (χ1) is 40.1. The molecule has 1 aliphatic carbocycles. The van der Waals surface area contributed by atoms with Crippen LogP contribution < -0.4 is 42.2 Å². The molecular formula is C62H67N7O14. The van der Waals surface area contributed by atoms with Gasteiger partial charge in [0, 0.05) is 86.6 Å². The highest BCUT2D eigenvalue weighted by molar-refractivity contribution is 5.96. The van der Waals surface area contributed by atoms with Gasteiger partial charge in [-0.15, -0.1) is 0 Å². The summed E-state index contributed by atoms with van der Waals surface area (Å²) in [6.45, 7) is 6.30. The number of carbonyl (C=O) groups excluding carboxylic acids is 6. The third-order valence-corrected chi connectivity index (χ3v) is 15.4. The fourth-order valence-electron chi connectivity index (χ4n) is 10.8. The van der Waals surface area contributed by atoms with Crippen LogP contribution >= 0.6 is 0 Å². The second kappa shape index (κ2) is 27.1. The van der Waals surface area contributed by atoms with Crippen LogP contribution in [0.25, 0.3) is 11.1 Å². The summed E-state index contributed by atoms with van der Waals surface area (Å²) in [5, 5.41) is 14.3. The zero-order valence-corrected chi connectivity index (χ0v) is 46.6. The number of amides is 4. The number of nitrogens with zero attached hydrogens (tertiary/aromatic N) is 2. The summed E-state index contributed by atoms with van der Waals surface area (Å²) in [6.07, 6.45) is 2.51. The number of hydrogen-bond acceptors (Lipinski definition) is 17. The van der Waals surface area contributed by atoms with E-state index in [1.54, 1.807) is 80.8 Å². The molecule has 5 atom stereocenters. The molecule has 434 valence electrons. The number of anilines is 5. The Bertz CT molecular complexity index is 3350. The molecule has 2 saturated heterocycles. The Morgan fingerprint density at radius 3 is 2.16 bits per heavy atom. The molecule has 0 saturated carbocycles. The number of methoxy groups -OCH3 is 1. The maximum absolute atomic E-state index is 13.7. The van der Waals surface area contributed by atoms with Crippen LogP contribution in [0.2, 0.25) is 0 Å². The van der Waals surface area contributed by atoms with E-state index in [1.807, 2.05) is 53.4 Å². The maximum atomic E-state index is 13.7. The molecule has 2 fully saturated rings. The number of nitrogens with one attached hydrogen (secondary N) is 5. The Labute approximate surface area is 479 Å². The van der Waals surface area contributed by atoms with Crippen molar-refractivity contribution >= 4 is 64.4 Å². The van der Waals surface area contributed by atoms with Crippen molar-refractivity contribution in [1.29, 1.82) is 0 Å². The Balaban J connectivity index is 0.766. The third-order valence-electron chi connectivity index (χ3n) is 15.4. The Kier molecular flexibility index (Phi) is 19.1. The first-order valence-corrected chi connectivity index (χ1v) is 27.8. The average molecular weight is 1130 g/mol. The van der Waals surface area contributed by atoms with Crippen molar-refractivity contribution in [3.8, 4) is 16.9 Å². The summed E-state index contributed by atoms with van der Waals surface area (Å²) >= 11 is 0. The molecule has 5 aromatic carbocycles. The second-order valence-corrected chi connectivity index (χ2v) is 20.9. The van der Waals surface area contributed by atoms with Gasteiger partial charge in [0.1, 0.15) is 36.4 Å². The molecule has 21 nitrogen and oxygen atoms in total. The zero-order valence-electron chi connectivity index (χ0n) is 46.6. The Morgan fingerprint density at radius 1 is 0.735 bits per heavy atom. The molecule has 3 heterocycles. The number of fused-ring (bicyclic) bond motifs is 3. The van der Waals surface area contributed by atoms with Gasteiger partial charge >= 0.3 is 24.1 Å². The molecule has 21 heteroatoms. The number of hydrogen-bond donors (Lipinski definition) is 5. The maximum Gasteiger partial charge on any atom is 0.411 e. The van der Waals surface area contributed by atoms with Gasteiger partial charge in [0.2, 0.25) is 12.2 Å². The van der Waals surface area contributed by atoms with Crippen LogP contribution in [0.15, 0.2) is 125 Å². The third kappa shape index (κ3) is 14.3. The van der Waals surface area contributed by atoms with E-state index < -0.39 is 71.2 Å². The van der Waals surface area contributed by atoms with Gasteiger partial charge in [-0.05, 0) is 95.5 Å². The number of piperidine rings is 1. The molecule has 2 aliphatic heterocycles. The zero-order chi connectivity index (χ0) is 58.6. The molecule has 0 bridgehead atoms. The molecule has 0 spiro atoms. The Morgan fingerprint density at radius 2 is 1.45 bits per heavy atom. The van der Waals surface area contributed by atoms with Crippen molar-refractivity contribution in [3.05, 3.63) is 158 Å². The number of aromatic nitrogens is 1. The number of likely N-dealkylation sites (tertiary alicyclic amines) is 1. The van der Waals surface area contributed by atoms with Crippen molar-refractivity contribution in [1.82, 2.24) is 15.2 Å². The van der Waals surface area contributed by atoms with Crippen LogP contribution in [-0.2, 0) is 44.7 Å². The van der Waals surface area contributed by atoms with E-state index in [0.717, 1.165) is 54.4 Å². The van der Waals surface area contributed by atoms with Crippen LogP contribution in [0, 0.1) is 17.8 Å². The molecule has 1 aromatic heterocycles. The van der Waals surface area contributed by atoms with Crippen molar-refractivity contribution in [2.45, 2.75) is 90.3 Å². The number of carbonyl (C=O) groups is 6. The van der Waals surface area contributed by atoms with Crippen LogP contribution in [0.5, 0.6) is 5.75 Å². The molecule has 3 aliphatic rings. The fraction of sp³-hybridized carbons (Fsp3) is 0.371. The molecule has 0 unspecified atom stereocenters. The number of pyridine rings is 1. The SMILES string of the molecule is COC(=O)[C@H]1O[C@@H](Oc2ccc(COC(=O)Nc3cccc(C(=O)N4CCC(CCCCNc5c(Nc6ccncc6)c(=O)c5=O)CC4)c3)cc2NC(=O)CCNC(=O)OCC2c3ccccc3-c3ccccc32)[C@H](C)[C@@H](C)[C@@H]1OC(C)=O. The van der Waals surface area contributed by atoms with Crippen LogP contribution in [0.1, 0.15) is 92.3 Å². The number of ether oxygens (including phenoxy) is 6. The lowest BCUT2D eigenvalue weighted by Crippen LogP contribution is -2.55. The van der Waals surface area contributed by atoms with Crippen molar-refractivity contribution in [2.24, 2.45) is 17.8 Å². The topological polar surface area (TPSA) is 268 Å². The van der Waals surface area contributed by atoms with Crippen molar-refractivity contribution < 1.29 is 57.2 Å². The highest BCUT2D eigenvalue weighted by atomic mass is 16.7. The van der Waals surface area contributed by atoms with E-state index in [4.69, 9.17) is 28.4 Å². The first kappa shape index (κ1) is 58.5. The van der Waals surface area contributed by atoms with Crippen LogP contribution in [-0.4, -0.2) is 104 Å². The van der Waals surface area contributed by atoms with Crippen molar-refractivity contribution in [3.63, 3.8) is 0 Å². The summed E-state index contributed by atoms with van der Waals surface area (Å²) in [5.41, 5.74) is 5.81. The minimum absolute atomic E-state index is 0.0727. The summed E-state index contributed by atoms with van der Waals surface area (Å²) < 4.78 is 34.2. The lowest BCUT2D eigenvalue weighted by molar-refractivity contribution is -0.243. The van der Waals surface area contributed by atoms with Gasteiger partial charge in [-0.25, -0.2) is 14.4 Å². The van der Waals surface area contributed by atoms with Gasteiger partial charge < -0.3 is 54.6 Å². The summed E-state index contributed by atoms with van der Waals surface area (Å²) in [7, 11) is 1.19. The van der Waals surface area contributed by atoms with E-state index >= 15 is 0 Å². The predicted octanol–water partition coefficient (Wildman–Crippen LogP) is 8.65. The van der Waals surface area contributed by atoms with E-state index in [2.05, 4.69) is 31.6 Å². The van der Waals surface area contributed by atoms with Gasteiger partial charge in [0.25, 0.3) is 16.8 Å². The number of unbranched alkanes of at least 4 members (excludes halogenated alkanes) is 1. The predicted molar refractivity (Wildman–Crippen MR) is 308 cm³/mol. The smallest absolute Gasteiger partial charge is 0.411 e. The normalized spacial score (nSPS) is 18.4. The lowest BCUT2D eigenvalue weighted by atomic mass is 9.84. The van der Waals surface area contributed by atoms with Gasteiger partial charge in [-0.3, -0.25) is 34.3 Å². The molecule has 83 heavy (non-hydrogen) atoms. The monoisotopic (exact) mass is 1130 g/mol. The highest BCUT2D eigenvalue weighted by Gasteiger charge is 2.48. The van der Waals surface area contributed by atoms with E-state index in [-0.39, 0.29) is 55.1 Å². The number of benzene rings is 4. The van der Waals surface area contributed by atoms with Crippen LogP contribution in [0.4, 0.5) is 38.0 Å². The van der Waals surface area contributed by atoms with E-state index in [0.29, 0.717) is 53.7 Å².